The highest BCUT2D eigenvalue weighted by Crippen LogP contribution is 2.24. The number of aldehydes is 1. The minimum absolute atomic E-state index is 0.000579. The molecule has 0 radical (unpaired) electrons. The summed E-state index contributed by atoms with van der Waals surface area (Å²) in [5, 5.41) is 10.2. The van der Waals surface area contributed by atoms with Crippen LogP contribution in [-0.2, 0) is 9.53 Å². The zero-order valence-corrected chi connectivity index (χ0v) is 6.79. The van der Waals surface area contributed by atoms with Crippen molar-refractivity contribution >= 4 is 18.0 Å². The molecule has 11 heavy (non-hydrogen) atoms. The lowest BCUT2D eigenvalue weighted by atomic mass is 10.3. The lowest BCUT2D eigenvalue weighted by molar-refractivity contribution is -0.109. The fourth-order valence-electron chi connectivity index (χ4n) is 0.849. The molecule has 0 saturated heterocycles. The summed E-state index contributed by atoms with van der Waals surface area (Å²) in [5.74, 6) is 0. The molecular weight excluding hydrogens is 164 g/mol. The maximum absolute atomic E-state index is 10.4. The van der Waals surface area contributed by atoms with E-state index < -0.39 is 0 Å². The Balaban J connectivity index is 2.30. The van der Waals surface area contributed by atoms with Crippen molar-refractivity contribution in [3.05, 3.63) is 11.5 Å². The Bertz CT molecular complexity index is 158. The van der Waals surface area contributed by atoms with Gasteiger partial charge in [0.15, 0.2) is 0 Å². The third-order valence-corrected chi connectivity index (χ3v) is 2.37. The van der Waals surface area contributed by atoms with Crippen molar-refractivity contribution in [3.63, 3.8) is 0 Å². The number of aliphatic hydroxyl groups excluding tert-OH is 1. The zero-order chi connectivity index (χ0) is 8.10. The van der Waals surface area contributed by atoms with Gasteiger partial charge < -0.3 is 14.6 Å². The van der Waals surface area contributed by atoms with Crippen LogP contribution in [0.2, 0.25) is 0 Å². The molecule has 0 spiro atoms. The highest BCUT2D eigenvalue weighted by Gasteiger charge is 2.22. The second-order valence-corrected chi connectivity index (χ2v) is 3.21. The lowest BCUT2D eigenvalue weighted by Crippen LogP contribution is -2.23. The van der Waals surface area contributed by atoms with E-state index in [1.807, 2.05) is 11.5 Å². The van der Waals surface area contributed by atoms with Crippen LogP contribution >= 0.6 is 11.8 Å². The molecular formula is C7H10O3S. The Morgan fingerprint density at radius 1 is 1.73 bits per heavy atom. The van der Waals surface area contributed by atoms with Crippen LogP contribution < -0.4 is 0 Å². The van der Waals surface area contributed by atoms with E-state index >= 15 is 0 Å². The van der Waals surface area contributed by atoms with Gasteiger partial charge in [0.25, 0.3) is 0 Å². The second-order valence-electron chi connectivity index (χ2n) is 2.12. The first-order valence-electron chi connectivity index (χ1n) is 3.38. The summed E-state index contributed by atoms with van der Waals surface area (Å²) in [6.45, 7) is 0.292. The molecule has 2 unspecified atom stereocenters. The van der Waals surface area contributed by atoms with Crippen molar-refractivity contribution in [3.8, 4) is 0 Å². The second kappa shape index (κ2) is 4.54. The van der Waals surface area contributed by atoms with Gasteiger partial charge in [-0.3, -0.25) is 0 Å². The van der Waals surface area contributed by atoms with Gasteiger partial charge in [-0.2, -0.15) is 0 Å². The minimum Gasteiger partial charge on any atom is -0.394 e. The van der Waals surface area contributed by atoms with Gasteiger partial charge in [0, 0.05) is 0 Å². The van der Waals surface area contributed by atoms with Gasteiger partial charge in [-0.05, 0) is 11.5 Å². The van der Waals surface area contributed by atoms with Gasteiger partial charge in [0.2, 0.25) is 0 Å². The quantitative estimate of drug-likeness (QED) is 0.618. The number of thioether (sulfide) groups is 1. The summed E-state index contributed by atoms with van der Waals surface area (Å²) in [5.41, 5.74) is 0. The predicted octanol–water partition coefficient (Wildman–Crippen LogP) is 0.192. The molecule has 0 saturated carbocycles. The molecule has 62 valence electrons. The molecule has 1 N–H and O–H groups in total. The fraction of sp³-hybridized carbons (Fsp3) is 0.571. The Kier molecular flexibility index (Phi) is 3.62. The van der Waals surface area contributed by atoms with Gasteiger partial charge in [-0.1, -0.05) is 0 Å². The summed E-state index contributed by atoms with van der Waals surface area (Å²) in [6.07, 6.45) is 2.55. The molecule has 0 aromatic heterocycles. The van der Waals surface area contributed by atoms with Crippen LogP contribution in [0.15, 0.2) is 11.5 Å². The third kappa shape index (κ3) is 2.32. The monoisotopic (exact) mass is 174 g/mol. The number of carbonyl (C=O) groups is 1. The summed E-state index contributed by atoms with van der Waals surface area (Å²) in [6, 6.07) is 0. The topological polar surface area (TPSA) is 46.5 Å². The summed E-state index contributed by atoms with van der Waals surface area (Å²) in [4.78, 5) is 10.4. The van der Waals surface area contributed by atoms with Gasteiger partial charge in [-0.25, -0.2) is 0 Å². The Morgan fingerprint density at radius 3 is 3.18 bits per heavy atom. The van der Waals surface area contributed by atoms with E-state index in [9.17, 15) is 4.79 Å². The molecule has 0 fully saturated rings. The van der Waals surface area contributed by atoms with E-state index in [1.54, 1.807) is 0 Å². The van der Waals surface area contributed by atoms with E-state index in [0.717, 1.165) is 6.29 Å². The number of carbonyl (C=O) groups excluding carboxylic acids is 1. The molecule has 4 heteroatoms. The van der Waals surface area contributed by atoms with Crippen molar-refractivity contribution < 1.29 is 14.6 Å². The predicted molar refractivity (Wildman–Crippen MR) is 43.4 cm³/mol. The molecule has 0 bridgehead atoms. The van der Waals surface area contributed by atoms with Crippen molar-refractivity contribution in [2.75, 3.05) is 13.2 Å². The Hall–Kier alpha value is -0.320. The standard InChI is InChI=1S/C7H10O3S/c8-2-3-10-6-1-4-11-7(6)5-9/h1,4-8H,2-3H2. The number of hydrogen-bond donors (Lipinski definition) is 1. The summed E-state index contributed by atoms with van der Waals surface area (Å²) < 4.78 is 5.17. The molecule has 3 nitrogen and oxygen atoms in total. The van der Waals surface area contributed by atoms with E-state index in [1.165, 1.54) is 11.8 Å². The maximum Gasteiger partial charge on any atom is 0.136 e. The van der Waals surface area contributed by atoms with E-state index in [4.69, 9.17) is 9.84 Å². The fourth-order valence-corrected chi connectivity index (χ4v) is 1.66. The Labute approximate surface area is 69.4 Å². The van der Waals surface area contributed by atoms with Crippen molar-refractivity contribution in [1.82, 2.24) is 0 Å². The van der Waals surface area contributed by atoms with Crippen molar-refractivity contribution in [1.29, 1.82) is 0 Å². The summed E-state index contributed by atoms with van der Waals surface area (Å²) in [7, 11) is 0. The molecule has 0 aromatic rings. The van der Waals surface area contributed by atoms with Gasteiger partial charge >= 0.3 is 0 Å². The number of hydrogen-bond acceptors (Lipinski definition) is 4. The Morgan fingerprint density at radius 2 is 2.55 bits per heavy atom. The van der Waals surface area contributed by atoms with Crippen LogP contribution in [0.5, 0.6) is 0 Å². The average molecular weight is 174 g/mol. The number of aliphatic hydroxyl groups is 1. The molecule has 1 aliphatic rings. The van der Waals surface area contributed by atoms with Crippen molar-refractivity contribution in [2.45, 2.75) is 11.4 Å². The zero-order valence-electron chi connectivity index (χ0n) is 5.97. The maximum atomic E-state index is 10.4. The van der Waals surface area contributed by atoms with Gasteiger partial charge in [-0.15, -0.1) is 11.8 Å². The average Bonchev–Trinajstić information content (AvgIpc) is 2.47. The highest BCUT2D eigenvalue weighted by atomic mass is 32.2. The SMILES string of the molecule is O=CC1SC=CC1OCCO. The van der Waals surface area contributed by atoms with Crippen LogP contribution in [0.25, 0.3) is 0 Å². The molecule has 1 aliphatic heterocycles. The number of ether oxygens (including phenoxy) is 1. The van der Waals surface area contributed by atoms with Crippen LogP contribution in [0.4, 0.5) is 0 Å². The number of rotatable bonds is 4. The smallest absolute Gasteiger partial charge is 0.136 e. The molecule has 0 aromatic carbocycles. The van der Waals surface area contributed by atoms with Crippen LogP contribution in [0.1, 0.15) is 0 Å². The van der Waals surface area contributed by atoms with Crippen LogP contribution in [0.3, 0.4) is 0 Å². The normalized spacial score (nSPS) is 29.2. The molecule has 2 atom stereocenters. The first-order chi connectivity index (χ1) is 5.38. The van der Waals surface area contributed by atoms with Crippen LogP contribution in [-0.4, -0.2) is 36.0 Å². The molecule has 0 amide bonds. The van der Waals surface area contributed by atoms with Crippen molar-refractivity contribution in [2.24, 2.45) is 0 Å². The summed E-state index contributed by atoms with van der Waals surface area (Å²) >= 11 is 1.45. The lowest BCUT2D eigenvalue weighted by Gasteiger charge is -2.12. The van der Waals surface area contributed by atoms with E-state index in [0.29, 0.717) is 6.61 Å². The minimum atomic E-state index is -0.148. The first kappa shape index (κ1) is 8.77. The van der Waals surface area contributed by atoms with Gasteiger partial charge in [0.05, 0.1) is 24.6 Å². The molecule has 1 heterocycles. The van der Waals surface area contributed by atoms with Crippen LogP contribution in [0, 0.1) is 0 Å². The highest BCUT2D eigenvalue weighted by molar-refractivity contribution is 8.03. The molecule has 1 rings (SSSR count). The van der Waals surface area contributed by atoms with E-state index in [2.05, 4.69) is 0 Å². The van der Waals surface area contributed by atoms with Gasteiger partial charge in [0.1, 0.15) is 6.29 Å². The third-order valence-electron chi connectivity index (χ3n) is 1.36. The first-order valence-corrected chi connectivity index (χ1v) is 4.32. The molecule has 0 aliphatic carbocycles. The van der Waals surface area contributed by atoms with E-state index in [-0.39, 0.29) is 18.0 Å². The largest absolute Gasteiger partial charge is 0.394 e.